The molecule has 1 heterocycles. The van der Waals surface area contributed by atoms with E-state index >= 15 is 0 Å². The zero-order valence-electron chi connectivity index (χ0n) is 7.36. The maximum Gasteiger partial charge on any atom is 1.00 e. The van der Waals surface area contributed by atoms with Gasteiger partial charge in [0.15, 0.2) is 0 Å². The molecule has 1 aromatic heterocycles. The molecule has 11 heavy (non-hydrogen) atoms. The fourth-order valence-electron chi connectivity index (χ4n) is 0.910. The van der Waals surface area contributed by atoms with Crippen LogP contribution in [-0.4, -0.2) is 9.97 Å². The van der Waals surface area contributed by atoms with Gasteiger partial charge in [0.05, 0.1) is 11.0 Å². The van der Waals surface area contributed by atoms with Crippen molar-refractivity contribution in [3.63, 3.8) is 0 Å². The third-order valence-corrected chi connectivity index (χ3v) is 1.38. The van der Waals surface area contributed by atoms with E-state index in [4.69, 9.17) is 0 Å². The second-order valence-electron chi connectivity index (χ2n) is 2.05. The summed E-state index contributed by atoms with van der Waals surface area (Å²) >= 11 is 0. The molecule has 0 unspecified atom stereocenters. The van der Waals surface area contributed by atoms with Gasteiger partial charge in [0.1, 0.15) is 0 Å². The minimum atomic E-state index is 0. The van der Waals surface area contributed by atoms with Crippen LogP contribution in [0.4, 0.5) is 0 Å². The molecule has 0 amide bonds. The summed E-state index contributed by atoms with van der Waals surface area (Å²) in [5.41, 5.74) is 1.90. The van der Waals surface area contributed by atoms with Crippen LogP contribution in [0.3, 0.4) is 0 Å². The number of fused-ring (bicyclic) bond motifs is 1. The SMILES string of the molecule is [H-].[Li+].c1ccc2nccnc2c1. The number of hydrogen-bond donors (Lipinski definition) is 0. The summed E-state index contributed by atoms with van der Waals surface area (Å²) in [5, 5.41) is 0. The van der Waals surface area contributed by atoms with Crippen molar-refractivity contribution in [3.05, 3.63) is 36.7 Å². The molecule has 2 aromatic rings. The van der Waals surface area contributed by atoms with Gasteiger partial charge < -0.3 is 1.43 Å². The molecule has 0 saturated heterocycles. The Kier molecular flexibility index (Phi) is 2.64. The number of aromatic nitrogens is 2. The van der Waals surface area contributed by atoms with E-state index in [2.05, 4.69) is 9.97 Å². The normalized spacial score (nSPS) is 9.09. The molecule has 0 aliphatic rings. The quantitative estimate of drug-likeness (QED) is 0.425. The molecular formula is C8H7LiN2. The van der Waals surface area contributed by atoms with Crippen LogP contribution in [0.25, 0.3) is 11.0 Å². The molecule has 0 saturated carbocycles. The first-order valence-corrected chi connectivity index (χ1v) is 3.12. The predicted octanol–water partition coefficient (Wildman–Crippen LogP) is -1.25. The summed E-state index contributed by atoms with van der Waals surface area (Å²) in [6.45, 7) is 0. The molecule has 50 valence electrons. The van der Waals surface area contributed by atoms with Gasteiger partial charge in [0, 0.05) is 12.4 Å². The van der Waals surface area contributed by atoms with E-state index in [0.717, 1.165) is 11.0 Å². The van der Waals surface area contributed by atoms with Gasteiger partial charge >= 0.3 is 18.9 Å². The molecule has 0 atom stereocenters. The average Bonchev–Trinajstić information content (AvgIpc) is 2.05. The van der Waals surface area contributed by atoms with Crippen LogP contribution in [0.1, 0.15) is 1.43 Å². The number of nitrogens with zero attached hydrogens (tertiary/aromatic N) is 2. The number of rotatable bonds is 0. The Balaban J connectivity index is 0.000000605. The van der Waals surface area contributed by atoms with Crippen molar-refractivity contribution < 1.29 is 20.3 Å². The van der Waals surface area contributed by atoms with Crippen molar-refractivity contribution in [3.8, 4) is 0 Å². The van der Waals surface area contributed by atoms with Crippen LogP contribution in [-0.2, 0) is 0 Å². The predicted molar refractivity (Wildman–Crippen MR) is 40.7 cm³/mol. The van der Waals surface area contributed by atoms with Crippen molar-refractivity contribution in [2.75, 3.05) is 0 Å². The van der Waals surface area contributed by atoms with Gasteiger partial charge in [-0.25, -0.2) is 0 Å². The summed E-state index contributed by atoms with van der Waals surface area (Å²) < 4.78 is 0. The molecule has 0 aliphatic heterocycles. The zero-order valence-corrected chi connectivity index (χ0v) is 6.36. The van der Waals surface area contributed by atoms with Crippen molar-refractivity contribution in [2.24, 2.45) is 0 Å². The van der Waals surface area contributed by atoms with Crippen molar-refractivity contribution in [1.29, 1.82) is 0 Å². The Morgan fingerprint density at radius 2 is 1.36 bits per heavy atom. The van der Waals surface area contributed by atoms with Crippen LogP contribution in [0.15, 0.2) is 36.7 Å². The largest absolute Gasteiger partial charge is 1.00 e. The number of hydrogen-bond acceptors (Lipinski definition) is 2. The van der Waals surface area contributed by atoms with Gasteiger partial charge in [0.25, 0.3) is 0 Å². The minimum absolute atomic E-state index is 0. The maximum absolute atomic E-state index is 4.12. The molecule has 0 N–H and O–H groups in total. The van der Waals surface area contributed by atoms with E-state index in [1.165, 1.54) is 0 Å². The Labute approximate surface area is 78.3 Å². The van der Waals surface area contributed by atoms with Crippen molar-refractivity contribution in [1.82, 2.24) is 9.97 Å². The molecule has 0 aliphatic carbocycles. The molecule has 0 fully saturated rings. The molecule has 0 radical (unpaired) electrons. The smallest absolute Gasteiger partial charge is 1.00 e. The van der Waals surface area contributed by atoms with Crippen LogP contribution in [0, 0.1) is 0 Å². The second-order valence-corrected chi connectivity index (χ2v) is 2.05. The van der Waals surface area contributed by atoms with E-state index in [1.54, 1.807) is 12.4 Å². The minimum Gasteiger partial charge on any atom is -1.00 e. The first-order valence-electron chi connectivity index (χ1n) is 3.12. The molecule has 0 spiro atoms. The van der Waals surface area contributed by atoms with Gasteiger partial charge in [-0.1, -0.05) is 12.1 Å². The van der Waals surface area contributed by atoms with Gasteiger partial charge in [-0.05, 0) is 12.1 Å². The van der Waals surface area contributed by atoms with Crippen LogP contribution in [0.5, 0.6) is 0 Å². The Bertz CT molecular complexity index is 288. The van der Waals surface area contributed by atoms with Gasteiger partial charge in [-0.2, -0.15) is 0 Å². The summed E-state index contributed by atoms with van der Waals surface area (Å²) in [7, 11) is 0. The summed E-state index contributed by atoms with van der Waals surface area (Å²) in [4.78, 5) is 8.24. The van der Waals surface area contributed by atoms with Crippen LogP contribution >= 0.6 is 0 Å². The average molecular weight is 138 g/mol. The van der Waals surface area contributed by atoms with E-state index in [-0.39, 0.29) is 20.3 Å². The Hall–Kier alpha value is -0.843. The second kappa shape index (κ2) is 3.52. The topological polar surface area (TPSA) is 25.8 Å². The van der Waals surface area contributed by atoms with Crippen molar-refractivity contribution in [2.45, 2.75) is 0 Å². The first-order chi connectivity index (χ1) is 4.97. The van der Waals surface area contributed by atoms with Crippen LogP contribution < -0.4 is 18.9 Å². The Morgan fingerprint density at radius 1 is 0.909 bits per heavy atom. The molecule has 0 bridgehead atoms. The van der Waals surface area contributed by atoms with E-state index in [1.807, 2.05) is 24.3 Å². The first kappa shape index (κ1) is 8.26. The standard InChI is InChI=1S/C8H6N2.Li.H/c1-2-4-8-7(3-1)9-5-6-10-8;;/h1-6H;;/q;+1;-1. The van der Waals surface area contributed by atoms with Gasteiger partial charge in [-0.3, -0.25) is 9.97 Å². The van der Waals surface area contributed by atoms with Crippen molar-refractivity contribution >= 4 is 11.0 Å². The molecule has 3 heteroatoms. The third kappa shape index (κ3) is 1.59. The fraction of sp³-hybridized carbons (Fsp3) is 0. The summed E-state index contributed by atoms with van der Waals surface area (Å²) in [6, 6.07) is 7.80. The summed E-state index contributed by atoms with van der Waals surface area (Å²) in [5.74, 6) is 0. The number of para-hydroxylation sites is 2. The third-order valence-electron chi connectivity index (χ3n) is 1.38. The van der Waals surface area contributed by atoms with E-state index in [9.17, 15) is 0 Å². The zero-order chi connectivity index (χ0) is 6.81. The van der Waals surface area contributed by atoms with Crippen LogP contribution in [0.2, 0.25) is 0 Å². The summed E-state index contributed by atoms with van der Waals surface area (Å²) in [6.07, 6.45) is 3.39. The molecule has 2 nitrogen and oxygen atoms in total. The number of benzene rings is 1. The molecular weight excluding hydrogens is 131 g/mol. The molecule has 1 aromatic carbocycles. The maximum atomic E-state index is 4.12. The van der Waals surface area contributed by atoms with Gasteiger partial charge in [-0.15, -0.1) is 0 Å². The van der Waals surface area contributed by atoms with E-state index in [0.29, 0.717) is 0 Å². The van der Waals surface area contributed by atoms with Gasteiger partial charge in [0.2, 0.25) is 0 Å². The fourth-order valence-corrected chi connectivity index (χ4v) is 0.910. The van der Waals surface area contributed by atoms with E-state index < -0.39 is 0 Å². The monoisotopic (exact) mass is 138 g/mol. The molecule has 2 rings (SSSR count). The Morgan fingerprint density at radius 3 is 1.82 bits per heavy atom.